The van der Waals surface area contributed by atoms with Gasteiger partial charge in [-0.2, -0.15) is 0 Å². The number of aromatic nitrogens is 1. The van der Waals surface area contributed by atoms with E-state index in [2.05, 4.69) is 16.4 Å². The molecule has 3 nitrogen and oxygen atoms in total. The monoisotopic (exact) mass is 334 g/mol. The lowest BCUT2D eigenvalue weighted by atomic mass is 10.0. The number of rotatable bonds is 1. The van der Waals surface area contributed by atoms with Crippen molar-refractivity contribution in [1.82, 2.24) is 10.3 Å². The van der Waals surface area contributed by atoms with Gasteiger partial charge in [0, 0.05) is 10.9 Å². The highest BCUT2D eigenvalue weighted by atomic mass is 35.5. The molecule has 1 saturated heterocycles. The summed E-state index contributed by atoms with van der Waals surface area (Å²) < 4.78 is 0.461. The van der Waals surface area contributed by atoms with Crippen LogP contribution in [0.15, 0.2) is 23.1 Å². The van der Waals surface area contributed by atoms with Gasteiger partial charge >= 0.3 is 0 Å². The molecule has 0 atom stereocenters. The van der Waals surface area contributed by atoms with Gasteiger partial charge in [-0.15, -0.1) is 0 Å². The molecule has 1 N–H and O–H groups in total. The summed E-state index contributed by atoms with van der Waals surface area (Å²) in [6, 6.07) is 6.05. The average Bonchev–Trinajstić information content (AvgIpc) is 2.74. The molecule has 1 aliphatic heterocycles. The Morgan fingerprint density at radius 1 is 1.33 bits per heavy atom. The molecule has 2 heterocycles. The SMILES string of the molecule is Cc1ccc(C)c2nc(Cl)c(/C=C3\SC(=S)NC3=O)cc12. The van der Waals surface area contributed by atoms with E-state index in [1.807, 2.05) is 26.0 Å². The van der Waals surface area contributed by atoms with Gasteiger partial charge in [0.2, 0.25) is 0 Å². The molecular formula is C15H11ClN2OS2. The van der Waals surface area contributed by atoms with Crippen LogP contribution in [0.4, 0.5) is 0 Å². The van der Waals surface area contributed by atoms with E-state index in [1.165, 1.54) is 11.8 Å². The Hall–Kier alpha value is -1.43. The van der Waals surface area contributed by atoms with E-state index in [-0.39, 0.29) is 5.91 Å². The summed E-state index contributed by atoms with van der Waals surface area (Å²) in [7, 11) is 0. The highest BCUT2D eigenvalue weighted by Crippen LogP contribution is 2.31. The first-order valence-electron chi connectivity index (χ1n) is 6.27. The predicted molar refractivity (Wildman–Crippen MR) is 92.5 cm³/mol. The van der Waals surface area contributed by atoms with Crippen molar-refractivity contribution in [3.8, 4) is 0 Å². The van der Waals surface area contributed by atoms with E-state index in [4.69, 9.17) is 23.8 Å². The van der Waals surface area contributed by atoms with Crippen LogP contribution in [0.25, 0.3) is 17.0 Å². The Bertz CT molecular complexity index is 830. The van der Waals surface area contributed by atoms with Gasteiger partial charge in [0.15, 0.2) is 0 Å². The second kappa shape index (κ2) is 5.40. The smallest absolute Gasteiger partial charge is 0.263 e. The summed E-state index contributed by atoms with van der Waals surface area (Å²) in [6.45, 7) is 4.03. The number of thioether (sulfide) groups is 1. The van der Waals surface area contributed by atoms with Crippen LogP contribution in [0, 0.1) is 13.8 Å². The van der Waals surface area contributed by atoms with E-state index in [9.17, 15) is 4.79 Å². The fraction of sp³-hybridized carbons (Fsp3) is 0.133. The molecule has 21 heavy (non-hydrogen) atoms. The number of amides is 1. The molecule has 0 radical (unpaired) electrons. The van der Waals surface area contributed by atoms with E-state index < -0.39 is 0 Å². The van der Waals surface area contributed by atoms with Crippen LogP contribution >= 0.6 is 35.6 Å². The minimum atomic E-state index is -0.192. The highest BCUT2D eigenvalue weighted by molar-refractivity contribution is 8.26. The second-order valence-corrected chi connectivity index (χ2v) is 6.89. The number of hydrogen-bond acceptors (Lipinski definition) is 4. The zero-order valence-corrected chi connectivity index (χ0v) is 13.7. The minimum Gasteiger partial charge on any atom is -0.307 e. The largest absolute Gasteiger partial charge is 0.307 e. The molecule has 1 aromatic heterocycles. The maximum absolute atomic E-state index is 11.7. The third-order valence-electron chi connectivity index (χ3n) is 3.31. The number of benzene rings is 1. The molecule has 0 saturated carbocycles. The molecule has 6 heteroatoms. The molecule has 1 aromatic carbocycles. The number of hydrogen-bond donors (Lipinski definition) is 1. The van der Waals surface area contributed by atoms with Gasteiger partial charge in [0.1, 0.15) is 9.47 Å². The number of aryl methyl sites for hydroxylation is 2. The standard InChI is InChI=1S/C15H11ClN2OS2/c1-7-3-4-8(2)12-10(7)5-9(13(16)17-12)6-11-14(19)18-15(20)21-11/h3-6H,1-2H3,(H,18,19,20)/b11-6-. The van der Waals surface area contributed by atoms with Crippen molar-refractivity contribution >= 4 is 62.8 Å². The molecule has 2 aromatic rings. The number of pyridine rings is 1. The molecule has 0 bridgehead atoms. The first kappa shape index (κ1) is 14.5. The molecule has 0 spiro atoms. The van der Waals surface area contributed by atoms with Crippen LogP contribution < -0.4 is 5.32 Å². The second-order valence-electron chi connectivity index (χ2n) is 4.82. The molecule has 1 amide bonds. The Labute approximate surface area is 136 Å². The first-order chi connectivity index (χ1) is 9.95. The van der Waals surface area contributed by atoms with Crippen LogP contribution in [0.5, 0.6) is 0 Å². The van der Waals surface area contributed by atoms with Crippen molar-refractivity contribution in [2.24, 2.45) is 0 Å². The van der Waals surface area contributed by atoms with Crippen LogP contribution in [-0.4, -0.2) is 15.2 Å². The summed E-state index contributed by atoms with van der Waals surface area (Å²) in [5.41, 5.74) is 3.81. The van der Waals surface area contributed by atoms with Crippen LogP contribution in [-0.2, 0) is 4.79 Å². The third-order valence-corrected chi connectivity index (χ3v) is 4.78. The van der Waals surface area contributed by atoms with Gasteiger partial charge in [-0.1, -0.05) is 47.7 Å². The fourth-order valence-corrected chi connectivity index (χ4v) is 3.42. The van der Waals surface area contributed by atoms with E-state index in [1.54, 1.807) is 6.08 Å². The Morgan fingerprint density at radius 3 is 2.71 bits per heavy atom. The Morgan fingerprint density at radius 2 is 2.05 bits per heavy atom. The number of carbonyl (C=O) groups excluding carboxylic acids is 1. The lowest BCUT2D eigenvalue weighted by molar-refractivity contribution is -0.115. The van der Waals surface area contributed by atoms with Gasteiger partial charge in [0.05, 0.1) is 10.4 Å². The van der Waals surface area contributed by atoms with Crippen molar-refractivity contribution in [1.29, 1.82) is 0 Å². The predicted octanol–water partition coefficient (Wildman–Crippen LogP) is 3.99. The number of thiocarbonyl (C=S) groups is 1. The average molecular weight is 335 g/mol. The maximum atomic E-state index is 11.7. The van der Waals surface area contributed by atoms with Crippen LogP contribution in [0.3, 0.4) is 0 Å². The van der Waals surface area contributed by atoms with Gasteiger partial charge < -0.3 is 5.32 Å². The summed E-state index contributed by atoms with van der Waals surface area (Å²) >= 11 is 12.5. The number of nitrogens with one attached hydrogen (secondary N) is 1. The lowest BCUT2D eigenvalue weighted by Crippen LogP contribution is -2.17. The first-order valence-corrected chi connectivity index (χ1v) is 7.87. The Kier molecular flexibility index (Phi) is 3.73. The van der Waals surface area contributed by atoms with Crippen molar-refractivity contribution in [3.63, 3.8) is 0 Å². The van der Waals surface area contributed by atoms with Crippen LogP contribution in [0.2, 0.25) is 5.15 Å². The van der Waals surface area contributed by atoms with Gasteiger partial charge in [0.25, 0.3) is 5.91 Å². The van der Waals surface area contributed by atoms with Crippen LogP contribution in [0.1, 0.15) is 16.7 Å². The lowest BCUT2D eigenvalue weighted by Gasteiger charge is -2.08. The zero-order chi connectivity index (χ0) is 15.1. The van der Waals surface area contributed by atoms with Crippen molar-refractivity contribution in [2.75, 3.05) is 0 Å². The summed E-state index contributed by atoms with van der Waals surface area (Å²) in [5, 5.41) is 4.01. The molecule has 1 aliphatic rings. The summed E-state index contributed by atoms with van der Waals surface area (Å²) in [5.74, 6) is -0.192. The molecular weight excluding hydrogens is 324 g/mol. The van der Waals surface area contributed by atoms with Crippen molar-refractivity contribution in [3.05, 3.63) is 44.9 Å². The molecule has 1 fully saturated rings. The summed E-state index contributed by atoms with van der Waals surface area (Å²) in [4.78, 5) is 16.7. The summed E-state index contributed by atoms with van der Waals surface area (Å²) in [6.07, 6.45) is 1.73. The number of nitrogens with zero attached hydrogens (tertiary/aromatic N) is 1. The fourth-order valence-electron chi connectivity index (χ4n) is 2.19. The van der Waals surface area contributed by atoms with E-state index >= 15 is 0 Å². The highest BCUT2D eigenvalue weighted by Gasteiger charge is 2.22. The molecule has 0 unspecified atom stereocenters. The quantitative estimate of drug-likeness (QED) is 0.486. The van der Waals surface area contributed by atoms with E-state index in [0.29, 0.717) is 14.4 Å². The number of halogens is 1. The molecule has 106 valence electrons. The third kappa shape index (κ3) is 2.69. The van der Waals surface area contributed by atoms with Gasteiger partial charge in [-0.05, 0) is 37.1 Å². The normalized spacial score (nSPS) is 16.8. The molecule has 3 rings (SSSR count). The van der Waals surface area contributed by atoms with Crippen molar-refractivity contribution in [2.45, 2.75) is 13.8 Å². The van der Waals surface area contributed by atoms with Gasteiger partial charge in [-0.25, -0.2) is 4.98 Å². The maximum Gasteiger partial charge on any atom is 0.263 e. The number of carbonyl (C=O) groups is 1. The Balaban J connectivity index is 2.18. The van der Waals surface area contributed by atoms with E-state index in [0.717, 1.165) is 27.6 Å². The zero-order valence-electron chi connectivity index (χ0n) is 11.4. The van der Waals surface area contributed by atoms with Gasteiger partial charge in [-0.3, -0.25) is 4.79 Å². The van der Waals surface area contributed by atoms with Crippen molar-refractivity contribution < 1.29 is 4.79 Å². The molecule has 0 aliphatic carbocycles. The minimum absolute atomic E-state index is 0.192. The topological polar surface area (TPSA) is 42.0 Å². The number of fused-ring (bicyclic) bond motifs is 1.